The number of rotatable bonds is 9. The predicted octanol–water partition coefficient (Wildman–Crippen LogP) is 3.95. The van der Waals surface area contributed by atoms with Gasteiger partial charge in [0.1, 0.15) is 5.75 Å². The Bertz CT molecular complexity index is 701. The second-order valence-corrected chi connectivity index (χ2v) is 9.11. The number of carbonyl (C=O) groups excluding carboxylic acids is 2. The van der Waals surface area contributed by atoms with E-state index in [0.29, 0.717) is 6.42 Å². The van der Waals surface area contributed by atoms with Gasteiger partial charge in [0.25, 0.3) is 0 Å². The lowest BCUT2D eigenvalue weighted by Crippen LogP contribution is -2.40. The number of hydrogen-bond acceptors (Lipinski definition) is 5. The van der Waals surface area contributed by atoms with Crippen LogP contribution < -0.4 is 15.8 Å². The molecule has 0 radical (unpaired) electrons. The molecule has 0 bridgehead atoms. The molecule has 3 fully saturated rings. The first kappa shape index (κ1) is 22.2. The molecule has 2 amide bonds. The maximum Gasteiger partial charge on any atom is 0.229 e. The van der Waals surface area contributed by atoms with Crippen molar-refractivity contribution in [3.05, 3.63) is 29.8 Å². The first-order valence-corrected chi connectivity index (χ1v) is 11.6. The highest BCUT2D eigenvalue weighted by atomic mass is 32.1. The smallest absolute Gasteiger partial charge is 0.229 e. The number of amides is 2. The minimum atomic E-state index is -0.124. The van der Waals surface area contributed by atoms with Gasteiger partial charge in [-0.3, -0.25) is 14.9 Å². The van der Waals surface area contributed by atoms with E-state index >= 15 is 0 Å². The van der Waals surface area contributed by atoms with Crippen LogP contribution in [0.25, 0.3) is 0 Å². The summed E-state index contributed by atoms with van der Waals surface area (Å²) in [6, 6.07) is 8.29. The standard InChI is InChI=1S/C13H17NO.C10H17NO2S/c14-13(6-7-13)11-2-1-3-12(8-11)15-9-10-4-5-10;12-9-6-5-8(10(13)11-9)4-2-1-3-7-14/h1-3,8,10H,4-7,9,14H2;8,14H,1-7H2,(H,11,12,13). The quantitative estimate of drug-likeness (QED) is 0.322. The molecule has 160 valence electrons. The largest absolute Gasteiger partial charge is 0.493 e. The van der Waals surface area contributed by atoms with E-state index in [0.717, 1.165) is 69.0 Å². The third-order valence-corrected chi connectivity index (χ3v) is 6.26. The highest BCUT2D eigenvalue weighted by Crippen LogP contribution is 2.43. The number of piperidine rings is 1. The average Bonchev–Trinajstić information content (AvgIpc) is 3.64. The van der Waals surface area contributed by atoms with Gasteiger partial charge in [0.2, 0.25) is 11.8 Å². The van der Waals surface area contributed by atoms with Crippen LogP contribution in [0.15, 0.2) is 24.3 Å². The summed E-state index contributed by atoms with van der Waals surface area (Å²) in [5.74, 6) is 2.56. The van der Waals surface area contributed by atoms with Crippen molar-refractivity contribution in [2.45, 2.75) is 69.7 Å². The third-order valence-electron chi connectivity index (χ3n) is 5.94. The number of carbonyl (C=O) groups is 2. The van der Waals surface area contributed by atoms with Crippen LogP contribution >= 0.6 is 12.6 Å². The highest BCUT2D eigenvalue weighted by molar-refractivity contribution is 7.80. The number of thiol groups is 1. The van der Waals surface area contributed by atoms with Crippen LogP contribution in [0.3, 0.4) is 0 Å². The third kappa shape index (κ3) is 7.34. The van der Waals surface area contributed by atoms with E-state index < -0.39 is 0 Å². The number of ether oxygens (including phenoxy) is 1. The Hall–Kier alpha value is -1.53. The van der Waals surface area contributed by atoms with Crippen LogP contribution in [-0.2, 0) is 15.1 Å². The normalized spacial score (nSPS) is 22.3. The Labute approximate surface area is 179 Å². The van der Waals surface area contributed by atoms with Crippen LogP contribution in [0.1, 0.15) is 69.8 Å². The molecule has 5 nitrogen and oxygen atoms in total. The zero-order valence-corrected chi connectivity index (χ0v) is 18.1. The zero-order chi connectivity index (χ0) is 20.7. The van der Waals surface area contributed by atoms with Gasteiger partial charge in [0, 0.05) is 17.9 Å². The molecule has 1 heterocycles. The number of hydrogen-bond donors (Lipinski definition) is 3. The Kier molecular flexibility index (Phi) is 8.01. The molecule has 1 aromatic carbocycles. The van der Waals surface area contributed by atoms with E-state index in [1.807, 2.05) is 12.1 Å². The van der Waals surface area contributed by atoms with E-state index in [4.69, 9.17) is 10.5 Å². The summed E-state index contributed by atoms with van der Waals surface area (Å²) in [6.45, 7) is 0.876. The van der Waals surface area contributed by atoms with Gasteiger partial charge in [-0.15, -0.1) is 0 Å². The second-order valence-electron chi connectivity index (χ2n) is 8.66. The maximum absolute atomic E-state index is 11.3. The van der Waals surface area contributed by atoms with Gasteiger partial charge in [-0.05, 0) is 74.3 Å². The lowest BCUT2D eigenvalue weighted by atomic mass is 9.92. The van der Waals surface area contributed by atoms with Crippen molar-refractivity contribution in [1.29, 1.82) is 0 Å². The van der Waals surface area contributed by atoms with E-state index in [9.17, 15) is 9.59 Å². The molecule has 0 aromatic heterocycles. The average molecular weight is 419 g/mol. The lowest BCUT2D eigenvalue weighted by Gasteiger charge is -2.20. The summed E-state index contributed by atoms with van der Waals surface area (Å²) >= 11 is 4.13. The van der Waals surface area contributed by atoms with Crippen molar-refractivity contribution in [1.82, 2.24) is 5.32 Å². The van der Waals surface area contributed by atoms with Crippen LogP contribution in [0, 0.1) is 11.8 Å². The number of imide groups is 1. The molecular weight excluding hydrogens is 384 g/mol. The first-order chi connectivity index (χ1) is 14.0. The highest BCUT2D eigenvalue weighted by Gasteiger charge is 2.40. The molecule has 1 saturated heterocycles. The van der Waals surface area contributed by atoms with E-state index in [1.54, 1.807) is 0 Å². The monoisotopic (exact) mass is 418 g/mol. The van der Waals surface area contributed by atoms with E-state index in [1.165, 1.54) is 18.4 Å². The van der Waals surface area contributed by atoms with Crippen LogP contribution in [0.5, 0.6) is 5.75 Å². The number of benzene rings is 1. The van der Waals surface area contributed by atoms with Crippen molar-refractivity contribution in [2.24, 2.45) is 17.6 Å². The molecule has 3 aliphatic rings. The summed E-state index contributed by atoms with van der Waals surface area (Å²) < 4.78 is 5.74. The molecule has 1 aromatic rings. The van der Waals surface area contributed by atoms with Gasteiger partial charge in [-0.2, -0.15) is 12.6 Å². The van der Waals surface area contributed by atoms with Crippen molar-refractivity contribution in [2.75, 3.05) is 12.4 Å². The fourth-order valence-electron chi connectivity index (χ4n) is 3.51. The van der Waals surface area contributed by atoms with Crippen molar-refractivity contribution in [3.63, 3.8) is 0 Å². The fraction of sp³-hybridized carbons (Fsp3) is 0.652. The number of nitrogens with two attached hydrogens (primary N) is 1. The Morgan fingerprint density at radius 2 is 1.93 bits per heavy atom. The Morgan fingerprint density at radius 1 is 1.14 bits per heavy atom. The van der Waals surface area contributed by atoms with E-state index in [2.05, 4.69) is 30.1 Å². The fourth-order valence-corrected chi connectivity index (χ4v) is 3.73. The lowest BCUT2D eigenvalue weighted by molar-refractivity contribution is -0.136. The number of nitrogens with one attached hydrogen (secondary N) is 1. The van der Waals surface area contributed by atoms with Gasteiger partial charge < -0.3 is 10.5 Å². The van der Waals surface area contributed by atoms with Crippen LogP contribution in [0.4, 0.5) is 0 Å². The molecule has 6 heteroatoms. The summed E-state index contributed by atoms with van der Waals surface area (Å²) in [5.41, 5.74) is 7.34. The minimum Gasteiger partial charge on any atom is -0.493 e. The Balaban J connectivity index is 0.000000166. The van der Waals surface area contributed by atoms with Gasteiger partial charge in [-0.25, -0.2) is 0 Å². The minimum absolute atomic E-state index is 0.0427. The summed E-state index contributed by atoms with van der Waals surface area (Å²) in [7, 11) is 0. The van der Waals surface area contributed by atoms with Crippen molar-refractivity contribution >= 4 is 24.4 Å². The molecular formula is C23H34N2O3S. The van der Waals surface area contributed by atoms with Crippen LogP contribution in [0.2, 0.25) is 0 Å². The molecule has 1 aliphatic heterocycles. The zero-order valence-electron chi connectivity index (χ0n) is 17.2. The molecule has 4 rings (SSSR count). The maximum atomic E-state index is 11.3. The van der Waals surface area contributed by atoms with Crippen molar-refractivity contribution < 1.29 is 14.3 Å². The molecule has 29 heavy (non-hydrogen) atoms. The molecule has 2 aliphatic carbocycles. The second kappa shape index (κ2) is 10.5. The van der Waals surface area contributed by atoms with Gasteiger partial charge in [0.15, 0.2) is 0 Å². The summed E-state index contributed by atoms with van der Waals surface area (Å²) in [6.07, 6.45) is 10.3. The molecule has 0 spiro atoms. The van der Waals surface area contributed by atoms with Gasteiger partial charge in [-0.1, -0.05) is 25.0 Å². The topological polar surface area (TPSA) is 81.4 Å². The molecule has 2 saturated carbocycles. The van der Waals surface area contributed by atoms with Crippen LogP contribution in [-0.4, -0.2) is 24.2 Å². The predicted molar refractivity (Wildman–Crippen MR) is 118 cm³/mol. The number of unbranched alkanes of at least 4 members (excludes halogenated alkanes) is 2. The van der Waals surface area contributed by atoms with Gasteiger partial charge >= 0.3 is 0 Å². The van der Waals surface area contributed by atoms with E-state index in [-0.39, 0.29) is 23.3 Å². The van der Waals surface area contributed by atoms with Crippen molar-refractivity contribution in [3.8, 4) is 5.75 Å². The molecule has 1 atom stereocenters. The Morgan fingerprint density at radius 3 is 2.59 bits per heavy atom. The summed E-state index contributed by atoms with van der Waals surface area (Å²) in [5, 5.41) is 2.38. The first-order valence-electron chi connectivity index (χ1n) is 11.0. The molecule has 1 unspecified atom stereocenters. The van der Waals surface area contributed by atoms with Gasteiger partial charge in [0.05, 0.1) is 6.61 Å². The molecule has 3 N–H and O–H groups in total. The summed E-state index contributed by atoms with van der Waals surface area (Å²) in [4.78, 5) is 22.2. The SMILES string of the molecule is NC1(c2cccc(OCC3CC3)c2)CC1.O=C1CCC(CCCCCS)C(=O)N1.